The number of hydrogen-bond donors (Lipinski definition) is 1. The van der Waals surface area contributed by atoms with Crippen molar-refractivity contribution in [3.8, 4) is 0 Å². The van der Waals surface area contributed by atoms with Gasteiger partial charge in [0.2, 0.25) is 0 Å². The number of nitrogens with one attached hydrogen (secondary N) is 1. The fourth-order valence-corrected chi connectivity index (χ4v) is 2.60. The molecule has 3 heteroatoms. The summed E-state index contributed by atoms with van der Waals surface area (Å²) in [7, 11) is 0. The number of hydrogen-bond acceptors (Lipinski definition) is 2. The average molecular weight is 287 g/mol. The third kappa shape index (κ3) is 2.96. The summed E-state index contributed by atoms with van der Waals surface area (Å²) in [4.78, 5) is 4.22. The third-order valence-corrected chi connectivity index (χ3v) is 4.26. The molecule has 1 heterocycles. The zero-order valence-electron chi connectivity index (χ0n) is 11.9. The lowest BCUT2D eigenvalue weighted by molar-refractivity contribution is 0.678. The van der Waals surface area contributed by atoms with E-state index in [0.717, 1.165) is 17.2 Å². The van der Waals surface area contributed by atoms with Gasteiger partial charge in [-0.3, -0.25) is 0 Å². The molecular weight excluding hydrogens is 268 g/mol. The molecule has 0 bridgehead atoms. The summed E-state index contributed by atoms with van der Waals surface area (Å²) in [5, 5.41) is 4.20. The second kappa shape index (κ2) is 5.45. The van der Waals surface area contributed by atoms with Crippen molar-refractivity contribution in [1.29, 1.82) is 0 Å². The number of halogens is 1. The van der Waals surface area contributed by atoms with Crippen molar-refractivity contribution in [2.45, 2.75) is 32.7 Å². The standard InChI is InChI=1S/C17H19ClN2/c1-11-3-5-13(6-4-11)16(14-7-8-14)20-15-9-12(2)17(18)19-10-15/h3-6,9-10,14,16,20H,7-8H2,1-2H3. The van der Waals surface area contributed by atoms with E-state index >= 15 is 0 Å². The number of nitrogens with zero attached hydrogens (tertiary/aromatic N) is 1. The van der Waals surface area contributed by atoms with Crippen LogP contribution < -0.4 is 5.32 Å². The molecule has 0 saturated heterocycles. The molecule has 1 N–H and O–H groups in total. The number of aromatic nitrogens is 1. The Morgan fingerprint density at radius 1 is 1.20 bits per heavy atom. The molecule has 2 aromatic rings. The van der Waals surface area contributed by atoms with Gasteiger partial charge in [0.15, 0.2) is 0 Å². The van der Waals surface area contributed by atoms with Crippen LogP contribution in [0.3, 0.4) is 0 Å². The Morgan fingerprint density at radius 2 is 1.90 bits per heavy atom. The maximum absolute atomic E-state index is 5.99. The van der Waals surface area contributed by atoms with Crippen LogP contribution >= 0.6 is 11.6 Å². The topological polar surface area (TPSA) is 24.9 Å². The van der Waals surface area contributed by atoms with Crippen LogP contribution in [0.2, 0.25) is 5.15 Å². The molecule has 104 valence electrons. The second-order valence-corrected chi connectivity index (χ2v) is 6.06. The van der Waals surface area contributed by atoms with E-state index in [1.54, 1.807) is 0 Å². The van der Waals surface area contributed by atoms with E-state index < -0.39 is 0 Å². The zero-order valence-corrected chi connectivity index (χ0v) is 12.6. The van der Waals surface area contributed by atoms with Gasteiger partial charge in [-0.05, 0) is 49.8 Å². The Balaban J connectivity index is 1.84. The Hall–Kier alpha value is -1.54. The van der Waals surface area contributed by atoms with Gasteiger partial charge in [0.25, 0.3) is 0 Å². The third-order valence-electron chi connectivity index (χ3n) is 3.87. The Morgan fingerprint density at radius 3 is 2.50 bits per heavy atom. The van der Waals surface area contributed by atoms with Gasteiger partial charge in [-0.1, -0.05) is 41.4 Å². The van der Waals surface area contributed by atoms with E-state index in [-0.39, 0.29) is 0 Å². The highest BCUT2D eigenvalue weighted by Gasteiger charge is 2.32. The molecule has 0 amide bonds. The van der Waals surface area contributed by atoms with Crippen LogP contribution in [-0.4, -0.2) is 4.98 Å². The van der Waals surface area contributed by atoms with E-state index in [4.69, 9.17) is 11.6 Å². The zero-order chi connectivity index (χ0) is 14.1. The maximum Gasteiger partial charge on any atom is 0.132 e. The highest BCUT2D eigenvalue weighted by atomic mass is 35.5. The SMILES string of the molecule is Cc1ccc(C(Nc2cnc(Cl)c(C)c2)C2CC2)cc1. The predicted molar refractivity (Wildman–Crippen MR) is 84.3 cm³/mol. The number of benzene rings is 1. The van der Waals surface area contributed by atoms with Crippen molar-refractivity contribution in [2.75, 3.05) is 5.32 Å². The number of pyridine rings is 1. The number of rotatable bonds is 4. The molecule has 1 aromatic carbocycles. The van der Waals surface area contributed by atoms with Crippen molar-refractivity contribution in [3.63, 3.8) is 0 Å². The lowest BCUT2D eigenvalue weighted by Crippen LogP contribution is -2.13. The van der Waals surface area contributed by atoms with Gasteiger partial charge in [-0.25, -0.2) is 4.98 Å². The van der Waals surface area contributed by atoms with Crippen molar-refractivity contribution in [1.82, 2.24) is 4.98 Å². The fourth-order valence-electron chi connectivity index (χ4n) is 2.49. The summed E-state index contributed by atoms with van der Waals surface area (Å²) < 4.78 is 0. The predicted octanol–water partition coefficient (Wildman–Crippen LogP) is 4.92. The minimum Gasteiger partial charge on any atom is -0.377 e. The second-order valence-electron chi connectivity index (χ2n) is 5.70. The van der Waals surface area contributed by atoms with Crippen LogP contribution in [0.25, 0.3) is 0 Å². The average Bonchev–Trinajstić information content (AvgIpc) is 3.26. The lowest BCUT2D eigenvalue weighted by Gasteiger charge is -2.20. The van der Waals surface area contributed by atoms with Gasteiger partial charge in [-0.2, -0.15) is 0 Å². The molecule has 0 spiro atoms. The van der Waals surface area contributed by atoms with E-state index in [9.17, 15) is 0 Å². The highest BCUT2D eigenvalue weighted by molar-refractivity contribution is 6.30. The van der Waals surface area contributed by atoms with Crippen LogP contribution in [0, 0.1) is 19.8 Å². The molecule has 0 radical (unpaired) electrons. The summed E-state index contributed by atoms with van der Waals surface area (Å²) in [6.07, 6.45) is 4.41. The minimum absolute atomic E-state index is 0.373. The molecule has 1 fully saturated rings. The minimum atomic E-state index is 0.373. The van der Waals surface area contributed by atoms with E-state index in [1.807, 2.05) is 13.1 Å². The van der Waals surface area contributed by atoms with Crippen molar-refractivity contribution >= 4 is 17.3 Å². The van der Waals surface area contributed by atoms with Crippen LogP contribution in [0.5, 0.6) is 0 Å². The Kier molecular flexibility index (Phi) is 3.66. The van der Waals surface area contributed by atoms with Crippen molar-refractivity contribution in [3.05, 3.63) is 58.4 Å². The molecule has 0 aliphatic heterocycles. The molecule has 3 rings (SSSR count). The van der Waals surface area contributed by atoms with Crippen molar-refractivity contribution < 1.29 is 0 Å². The van der Waals surface area contributed by atoms with Gasteiger partial charge < -0.3 is 5.32 Å². The molecule has 1 aromatic heterocycles. The molecule has 20 heavy (non-hydrogen) atoms. The summed E-state index contributed by atoms with van der Waals surface area (Å²) >= 11 is 5.99. The quantitative estimate of drug-likeness (QED) is 0.807. The monoisotopic (exact) mass is 286 g/mol. The first-order valence-electron chi connectivity index (χ1n) is 7.09. The van der Waals surface area contributed by atoms with Gasteiger partial charge >= 0.3 is 0 Å². The largest absolute Gasteiger partial charge is 0.377 e. The van der Waals surface area contributed by atoms with Gasteiger partial charge in [0, 0.05) is 0 Å². The van der Waals surface area contributed by atoms with Crippen LogP contribution in [0.15, 0.2) is 36.5 Å². The molecular formula is C17H19ClN2. The normalized spacial score (nSPS) is 15.9. The number of anilines is 1. The summed E-state index contributed by atoms with van der Waals surface area (Å²) in [5.41, 5.74) is 4.71. The molecule has 2 nitrogen and oxygen atoms in total. The van der Waals surface area contributed by atoms with E-state index in [2.05, 4.69) is 47.6 Å². The fraction of sp³-hybridized carbons (Fsp3) is 0.353. The van der Waals surface area contributed by atoms with E-state index in [1.165, 1.54) is 24.0 Å². The smallest absolute Gasteiger partial charge is 0.132 e. The Labute approximate surface area is 125 Å². The summed E-state index contributed by atoms with van der Waals surface area (Å²) in [6, 6.07) is 11.2. The molecule has 1 saturated carbocycles. The molecule has 1 unspecified atom stereocenters. The first-order chi connectivity index (χ1) is 9.63. The first-order valence-corrected chi connectivity index (χ1v) is 7.46. The molecule has 1 aliphatic carbocycles. The highest BCUT2D eigenvalue weighted by Crippen LogP contribution is 2.43. The van der Waals surface area contributed by atoms with Crippen molar-refractivity contribution in [2.24, 2.45) is 5.92 Å². The molecule has 1 atom stereocenters. The lowest BCUT2D eigenvalue weighted by atomic mass is 10.0. The van der Waals surface area contributed by atoms with Crippen LogP contribution in [-0.2, 0) is 0 Å². The van der Waals surface area contributed by atoms with E-state index in [0.29, 0.717) is 11.2 Å². The van der Waals surface area contributed by atoms with Gasteiger partial charge in [0.1, 0.15) is 5.15 Å². The Bertz CT molecular complexity index is 603. The number of aryl methyl sites for hydroxylation is 2. The molecule has 1 aliphatic rings. The van der Waals surface area contributed by atoms with Gasteiger partial charge in [-0.15, -0.1) is 0 Å². The summed E-state index contributed by atoms with van der Waals surface area (Å²) in [5.74, 6) is 0.730. The van der Waals surface area contributed by atoms with Crippen LogP contribution in [0.4, 0.5) is 5.69 Å². The summed E-state index contributed by atoms with van der Waals surface area (Å²) in [6.45, 7) is 4.11. The van der Waals surface area contributed by atoms with Gasteiger partial charge in [0.05, 0.1) is 17.9 Å². The van der Waals surface area contributed by atoms with Crippen LogP contribution in [0.1, 0.15) is 35.6 Å². The maximum atomic E-state index is 5.99. The first kappa shape index (κ1) is 13.4.